The fraction of sp³-hybridized carbons (Fsp3) is 0.615. The van der Waals surface area contributed by atoms with Gasteiger partial charge in [0.05, 0.1) is 5.69 Å². The average Bonchev–Trinajstić information content (AvgIpc) is 2.49. The molecule has 2 rings (SSSR count). The van der Waals surface area contributed by atoms with Gasteiger partial charge in [0.25, 0.3) is 0 Å². The van der Waals surface area contributed by atoms with Gasteiger partial charge < -0.3 is 5.32 Å². The Morgan fingerprint density at radius 2 is 1.82 bits per heavy atom. The number of carbonyl (C=O) groups is 1. The van der Waals surface area contributed by atoms with Crippen LogP contribution < -0.4 is 5.32 Å². The number of hydrogen-bond acceptors (Lipinski definition) is 3. The predicted octanol–water partition coefficient (Wildman–Crippen LogP) is 2.37. The summed E-state index contributed by atoms with van der Waals surface area (Å²) in [5.41, 5.74) is -0.0177. The zero-order valence-corrected chi connectivity index (χ0v) is 11.0. The highest BCUT2D eigenvalue weighted by atomic mass is 16.2. The summed E-state index contributed by atoms with van der Waals surface area (Å²) in [6.45, 7) is 10.4. The molecular formula is C13H19N3O. The summed E-state index contributed by atoms with van der Waals surface area (Å²) < 4.78 is 0. The second kappa shape index (κ2) is 3.52. The van der Waals surface area contributed by atoms with Crippen molar-refractivity contribution in [2.75, 3.05) is 5.32 Å². The fourth-order valence-electron chi connectivity index (χ4n) is 3.13. The topological polar surface area (TPSA) is 54.9 Å². The van der Waals surface area contributed by atoms with Crippen LogP contribution in [0.4, 0.5) is 5.82 Å². The molecule has 0 fully saturated rings. The molecule has 0 saturated heterocycles. The van der Waals surface area contributed by atoms with Gasteiger partial charge in [0.15, 0.2) is 5.82 Å². The lowest BCUT2D eigenvalue weighted by molar-refractivity contribution is -0.127. The van der Waals surface area contributed by atoms with Crippen molar-refractivity contribution in [3.05, 3.63) is 18.1 Å². The van der Waals surface area contributed by atoms with Crippen LogP contribution in [0.2, 0.25) is 0 Å². The maximum absolute atomic E-state index is 12.5. The number of rotatable bonds is 1. The molecule has 0 aromatic carbocycles. The van der Waals surface area contributed by atoms with Gasteiger partial charge in [-0.3, -0.25) is 9.78 Å². The largest absolute Gasteiger partial charge is 0.308 e. The van der Waals surface area contributed by atoms with E-state index in [9.17, 15) is 4.79 Å². The molecular weight excluding hydrogens is 214 g/mol. The van der Waals surface area contributed by atoms with Crippen LogP contribution in [-0.2, 0) is 10.2 Å². The minimum absolute atomic E-state index is 0.0150. The first-order chi connectivity index (χ1) is 7.81. The molecule has 1 aliphatic heterocycles. The monoisotopic (exact) mass is 233 g/mol. The van der Waals surface area contributed by atoms with Crippen LogP contribution in [0, 0.1) is 11.3 Å². The SMILES string of the molecule is CC(C)C1(C(C)(C)C)C(=O)Nc2nccnc21. The van der Waals surface area contributed by atoms with Crippen molar-refractivity contribution in [1.82, 2.24) is 9.97 Å². The van der Waals surface area contributed by atoms with E-state index in [-0.39, 0.29) is 17.2 Å². The van der Waals surface area contributed by atoms with Crippen molar-refractivity contribution < 1.29 is 4.79 Å². The van der Waals surface area contributed by atoms with E-state index in [1.54, 1.807) is 12.4 Å². The number of nitrogens with one attached hydrogen (secondary N) is 1. The number of amides is 1. The number of anilines is 1. The smallest absolute Gasteiger partial charge is 0.238 e. The highest BCUT2D eigenvalue weighted by Crippen LogP contribution is 2.51. The van der Waals surface area contributed by atoms with Gasteiger partial charge in [-0.25, -0.2) is 4.98 Å². The zero-order valence-electron chi connectivity index (χ0n) is 11.0. The van der Waals surface area contributed by atoms with E-state index in [0.29, 0.717) is 5.82 Å². The van der Waals surface area contributed by atoms with Crippen LogP contribution in [0.1, 0.15) is 40.3 Å². The van der Waals surface area contributed by atoms with Crippen LogP contribution in [0.25, 0.3) is 0 Å². The summed E-state index contributed by atoms with van der Waals surface area (Å²) in [5, 5.41) is 2.86. The lowest BCUT2D eigenvalue weighted by Crippen LogP contribution is -2.50. The Balaban J connectivity index is 2.74. The van der Waals surface area contributed by atoms with Crippen LogP contribution in [-0.4, -0.2) is 15.9 Å². The average molecular weight is 233 g/mol. The van der Waals surface area contributed by atoms with E-state index in [2.05, 4.69) is 49.9 Å². The second-order valence-corrected chi connectivity index (χ2v) is 5.92. The van der Waals surface area contributed by atoms with E-state index < -0.39 is 5.41 Å². The standard InChI is InChI=1S/C13H19N3O/c1-8(2)13(12(3,4)5)9-10(16-11(13)17)15-7-6-14-9/h6-8H,1-5H3,(H,15,16,17). The highest BCUT2D eigenvalue weighted by molar-refractivity contribution is 6.05. The normalized spacial score (nSPS) is 23.8. The Morgan fingerprint density at radius 3 is 2.35 bits per heavy atom. The van der Waals surface area contributed by atoms with Gasteiger partial charge in [-0.2, -0.15) is 0 Å². The molecule has 1 unspecified atom stereocenters. The fourth-order valence-corrected chi connectivity index (χ4v) is 3.13. The first-order valence-corrected chi connectivity index (χ1v) is 5.94. The molecule has 0 spiro atoms. The van der Waals surface area contributed by atoms with E-state index in [1.807, 2.05) is 0 Å². The van der Waals surface area contributed by atoms with Crippen LogP contribution in [0.5, 0.6) is 0 Å². The number of aromatic nitrogens is 2. The van der Waals surface area contributed by atoms with Crippen molar-refractivity contribution in [3.63, 3.8) is 0 Å². The summed E-state index contributed by atoms with van der Waals surface area (Å²) in [4.78, 5) is 21.1. The Kier molecular flexibility index (Phi) is 2.49. The lowest BCUT2D eigenvalue weighted by Gasteiger charge is -2.42. The molecule has 92 valence electrons. The molecule has 1 N–H and O–H groups in total. The number of fused-ring (bicyclic) bond motifs is 1. The maximum Gasteiger partial charge on any atom is 0.238 e. The van der Waals surface area contributed by atoms with Gasteiger partial charge in [0, 0.05) is 12.4 Å². The Labute approximate surface area is 102 Å². The predicted molar refractivity (Wildman–Crippen MR) is 66.6 cm³/mol. The Hall–Kier alpha value is -1.45. The third kappa shape index (κ3) is 1.39. The van der Waals surface area contributed by atoms with Gasteiger partial charge in [-0.15, -0.1) is 0 Å². The molecule has 4 nitrogen and oxygen atoms in total. The molecule has 1 atom stereocenters. The van der Waals surface area contributed by atoms with Crippen molar-refractivity contribution in [2.24, 2.45) is 11.3 Å². The molecule has 0 radical (unpaired) electrons. The summed E-state index contributed by atoms with van der Waals surface area (Å²) in [5.74, 6) is 0.794. The highest BCUT2D eigenvalue weighted by Gasteiger charge is 2.58. The Morgan fingerprint density at radius 1 is 1.24 bits per heavy atom. The molecule has 0 bridgehead atoms. The van der Waals surface area contributed by atoms with Gasteiger partial charge >= 0.3 is 0 Å². The molecule has 1 aromatic heterocycles. The molecule has 1 amide bonds. The molecule has 4 heteroatoms. The van der Waals surface area contributed by atoms with E-state index in [0.717, 1.165) is 5.69 Å². The van der Waals surface area contributed by atoms with Crippen LogP contribution in [0.15, 0.2) is 12.4 Å². The molecule has 17 heavy (non-hydrogen) atoms. The third-order valence-electron chi connectivity index (χ3n) is 3.71. The van der Waals surface area contributed by atoms with E-state index in [1.165, 1.54) is 0 Å². The Bertz CT molecular complexity index is 462. The first-order valence-electron chi connectivity index (χ1n) is 5.94. The van der Waals surface area contributed by atoms with Crippen molar-refractivity contribution in [1.29, 1.82) is 0 Å². The molecule has 2 heterocycles. The van der Waals surface area contributed by atoms with Crippen molar-refractivity contribution in [3.8, 4) is 0 Å². The summed E-state index contributed by atoms with van der Waals surface area (Å²) in [6, 6.07) is 0. The summed E-state index contributed by atoms with van der Waals surface area (Å²) >= 11 is 0. The first kappa shape index (κ1) is 12.0. The number of hydrogen-bond donors (Lipinski definition) is 1. The third-order valence-corrected chi connectivity index (χ3v) is 3.71. The lowest BCUT2D eigenvalue weighted by atomic mass is 9.59. The molecule has 1 aliphatic rings. The molecule has 0 aliphatic carbocycles. The van der Waals surface area contributed by atoms with Gasteiger partial charge in [-0.05, 0) is 11.3 Å². The summed E-state index contributed by atoms with van der Waals surface area (Å²) in [7, 11) is 0. The number of nitrogens with zero attached hydrogens (tertiary/aromatic N) is 2. The van der Waals surface area contributed by atoms with Gasteiger partial charge in [0.1, 0.15) is 5.41 Å². The maximum atomic E-state index is 12.5. The van der Waals surface area contributed by atoms with Crippen molar-refractivity contribution >= 4 is 11.7 Å². The summed E-state index contributed by atoms with van der Waals surface area (Å²) in [6.07, 6.45) is 3.26. The minimum Gasteiger partial charge on any atom is -0.308 e. The van der Waals surface area contributed by atoms with E-state index >= 15 is 0 Å². The quantitative estimate of drug-likeness (QED) is 0.810. The minimum atomic E-state index is -0.601. The second-order valence-electron chi connectivity index (χ2n) is 5.92. The van der Waals surface area contributed by atoms with Crippen LogP contribution in [0.3, 0.4) is 0 Å². The zero-order chi connectivity index (χ0) is 12.8. The van der Waals surface area contributed by atoms with E-state index in [4.69, 9.17) is 0 Å². The molecule has 1 aromatic rings. The van der Waals surface area contributed by atoms with Gasteiger partial charge in [-0.1, -0.05) is 34.6 Å². The number of carbonyl (C=O) groups excluding carboxylic acids is 1. The van der Waals surface area contributed by atoms with Crippen LogP contribution >= 0.6 is 0 Å². The molecule has 0 saturated carbocycles. The van der Waals surface area contributed by atoms with Gasteiger partial charge in [0.2, 0.25) is 5.91 Å². The van der Waals surface area contributed by atoms with Crippen molar-refractivity contribution in [2.45, 2.75) is 40.0 Å².